The van der Waals surface area contributed by atoms with E-state index in [4.69, 9.17) is 0 Å². The molecule has 0 aromatic heterocycles. The number of carbonyl (C=O) groups is 1. The van der Waals surface area contributed by atoms with Crippen molar-refractivity contribution < 1.29 is 14.1 Å². The minimum atomic E-state index is -1.99. The van der Waals surface area contributed by atoms with E-state index in [0.29, 0.717) is 11.1 Å². The molecule has 1 aliphatic carbocycles. The largest absolute Gasteiger partial charge is 0.344 e. The molecule has 0 saturated heterocycles. The van der Waals surface area contributed by atoms with Crippen molar-refractivity contribution in [1.82, 2.24) is 0 Å². The number of para-hydroxylation sites is 2. The molecule has 0 amide bonds. The fraction of sp³-hybridized carbons (Fsp3) is 0.105. The van der Waals surface area contributed by atoms with Gasteiger partial charge in [-0.15, -0.1) is 0 Å². The number of carbonyl (C=O) groups excluding carboxylic acids is 1. The van der Waals surface area contributed by atoms with Crippen LogP contribution in [-0.4, -0.2) is 16.5 Å². The smallest absolute Gasteiger partial charge is 0.292 e. The number of nitro groups is 1. The Labute approximate surface area is 143 Å². The Morgan fingerprint density at radius 1 is 1.12 bits per heavy atom. The van der Waals surface area contributed by atoms with Crippen LogP contribution >= 0.6 is 0 Å². The van der Waals surface area contributed by atoms with Crippen LogP contribution in [0.3, 0.4) is 0 Å². The zero-order chi connectivity index (χ0) is 17.9. The normalized spacial score (nSPS) is 19.2. The van der Waals surface area contributed by atoms with Gasteiger partial charge in [0.25, 0.3) is 5.69 Å². The quantitative estimate of drug-likeness (QED) is 0.378. The molecule has 6 heteroatoms. The number of ketones is 1. The molecular formula is C19H15FN2O3. The van der Waals surface area contributed by atoms with Gasteiger partial charge in [-0.1, -0.05) is 54.6 Å². The monoisotopic (exact) mass is 338 g/mol. The predicted molar refractivity (Wildman–Crippen MR) is 93.2 cm³/mol. The molecule has 0 aliphatic heterocycles. The van der Waals surface area contributed by atoms with E-state index in [-0.39, 0.29) is 23.6 Å². The molecule has 0 radical (unpaired) electrons. The topological polar surface area (TPSA) is 72.2 Å². The van der Waals surface area contributed by atoms with Gasteiger partial charge < -0.3 is 5.32 Å². The second-order valence-corrected chi connectivity index (χ2v) is 5.65. The average molecular weight is 338 g/mol. The molecule has 3 rings (SSSR count). The third-order valence-corrected chi connectivity index (χ3v) is 3.89. The fourth-order valence-corrected chi connectivity index (χ4v) is 2.60. The third kappa shape index (κ3) is 3.63. The second kappa shape index (κ2) is 6.68. The van der Waals surface area contributed by atoms with Crippen molar-refractivity contribution in [2.75, 3.05) is 5.32 Å². The van der Waals surface area contributed by atoms with Crippen LogP contribution in [0.2, 0.25) is 0 Å². The van der Waals surface area contributed by atoms with Gasteiger partial charge in [0.15, 0.2) is 5.78 Å². The minimum Gasteiger partial charge on any atom is -0.344 e. The Bertz CT molecular complexity index is 877. The molecule has 2 aromatic carbocycles. The van der Waals surface area contributed by atoms with E-state index in [1.165, 1.54) is 36.4 Å². The van der Waals surface area contributed by atoms with Crippen LogP contribution in [0.5, 0.6) is 0 Å². The summed E-state index contributed by atoms with van der Waals surface area (Å²) in [7, 11) is 0. The summed E-state index contributed by atoms with van der Waals surface area (Å²) in [5.74, 6) is -2.18. The highest BCUT2D eigenvalue weighted by Gasteiger charge is 2.31. The number of nitrogens with zero attached hydrogens (tertiary/aromatic N) is 1. The van der Waals surface area contributed by atoms with Crippen molar-refractivity contribution in [3.8, 4) is 0 Å². The molecule has 1 N–H and O–H groups in total. The van der Waals surface area contributed by atoms with Gasteiger partial charge in [-0.25, -0.2) is 4.39 Å². The van der Waals surface area contributed by atoms with Crippen molar-refractivity contribution in [3.63, 3.8) is 0 Å². The van der Waals surface area contributed by atoms with Gasteiger partial charge in [0.1, 0.15) is 5.69 Å². The van der Waals surface area contributed by atoms with Gasteiger partial charge in [0.2, 0.25) is 5.79 Å². The van der Waals surface area contributed by atoms with Crippen LogP contribution in [0.4, 0.5) is 15.8 Å². The number of nitrogens with one attached hydrogen (secondary N) is 1. The van der Waals surface area contributed by atoms with Crippen LogP contribution in [0.15, 0.2) is 78.4 Å². The number of allylic oxidation sites excluding steroid dienone is 2. The molecular weight excluding hydrogens is 323 g/mol. The van der Waals surface area contributed by atoms with Crippen LogP contribution in [0.1, 0.15) is 16.8 Å². The minimum absolute atomic E-state index is 0.0888. The average Bonchev–Trinajstić information content (AvgIpc) is 2.62. The fourth-order valence-electron chi connectivity index (χ4n) is 2.60. The maximum atomic E-state index is 15.0. The van der Waals surface area contributed by atoms with E-state index in [1.54, 1.807) is 30.3 Å². The number of hydrogen-bond acceptors (Lipinski definition) is 4. The number of alkyl halides is 1. The molecule has 126 valence electrons. The zero-order valence-electron chi connectivity index (χ0n) is 13.2. The first-order valence-electron chi connectivity index (χ1n) is 7.68. The van der Waals surface area contributed by atoms with Crippen molar-refractivity contribution in [2.45, 2.75) is 12.2 Å². The molecule has 0 saturated carbocycles. The Morgan fingerprint density at radius 2 is 1.80 bits per heavy atom. The SMILES string of the molecule is O=C(C1=CCC(F)(Nc2ccccc2[N+](=O)[O-])C=C1)c1ccccc1. The summed E-state index contributed by atoms with van der Waals surface area (Å²) >= 11 is 0. The summed E-state index contributed by atoms with van der Waals surface area (Å²) in [4.78, 5) is 22.8. The molecule has 2 aromatic rings. The summed E-state index contributed by atoms with van der Waals surface area (Å²) in [5, 5.41) is 13.6. The van der Waals surface area contributed by atoms with Crippen LogP contribution in [0, 0.1) is 10.1 Å². The molecule has 5 nitrogen and oxygen atoms in total. The molecule has 1 aliphatic rings. The van der Waals surface area contributed by atoms with E-state index >= 15 is 0 Å². The molecule has 0 bridgehead atoms. The summed E-state index contributed by atoms with van der Waals surface area (Å²) in [6, 6.07) is 14.6. The zero-order valence-corrected chi connectivity index (χ0v) is 13.2. The van der Waals surface area contributed by atoms with Gasteiger partial charge in [0.05, 0.1) is 4.92 Å². The van der Waals surface area contributed by atoms with E-state index in [1.807, 2.05) is 6.07 Å². The van der Waals surface area contributed by atoms with Crippen LogP contribution in [0.25, 0.3) is 0 Å². The van der Waals surface area contributed by atoms with Gasteiger partial charge in [-0.2, -0.15) is 0 Å². The van der Waals surface area contributed by atoms with Gasteiger partial charge in [-0.05, 0) is 12.1 Å². The number of nitro benzene ring substituents is 1. The lowest BCUT2D eigenvalue weighted by Crippen LogP contribution is -2.32. The van der Waals surface area contributed by atoms with Crippen molar-refractivity contribution >= 4 is 17.2 Å². The van der Waals surface area contributed by atoms with Gasteiger partial charge in [-0.3, -0.25) is 14.9 Å². The first kappa shape index (κ1) is 16.6. The standard InChI is InChI=1S/C19H15FN2O3/c20-19(21-16-8-4-5-9-17(16)22(24)25)12-10-15(11-13-19)18(23)14-6-2-1-3-7-14/h1-12,21H,13H2. The number of halogens is 1. The Hall–Kier alpha value is -3.28. The number of benzene rings is 2. The Kier molecular flexibility index (Phi) is 4.43. The maximum Gasteiger partial charge on any atom is 0.292 e. The molecule has 0 heterocycles. The second-order valence-electron chi connectivity index (χ2n) is 5.65. The number of hydrogen-bond donors (Lipinski definition) is 1. The molecule has 25 heavy (non-hydrogen) atoms. The highest BCUT2D eigenvalue weighted by Crippen LogP contribution is 2.32. The van der Waals surface area contributed by atoms with E-state index in [0.717, 1.165) is 0 Å². The molecule has 1 unspecified atom stereocenters. The van der Waals surface area contributed by atoms with Gasteiger partial charge in [0, 0.05) is 23.6 Å². The number of rotatable bonds is 5. The highest BCUT2D eigenvalue weighted by molar-refractivity contribution is 6.10. The molecule has 0 fully saturated rings. The van der Waals surface area contributed by atoms with Crippen LogP contribution in [-0.2, 0) is 0 Å². The Morgan fingerprint density at radius 3 is 2.44 bits per heavy atom. The lowest BCUT2D eigenvalue weighted by molar-refractivity contribution is -0.384. The van der Waals surface area contributed by atoms with Gasteiger partial charge >= 0.3 is 0 Å². The molecule has 1 atom stereocenters. The third-order valence-electron chi connectivity index (χ3n) is 3.89. The number of Topliss-reactive ketones (excluding diaryl/α,β-unsaturated/α-hetero) is 1. The first-order valence-corrected chi connectivity index (χ1v) is 7.68. The highest BCUT2D eigenvalue weighted by atomic mass is 19.1. The summed E-state index contributed by atoms with van der Waals surface area (Å²) in [5.41, 5.74) is 0.800. The van der Waals surface area contributed by atoms with Crippen molar-refractivity contribution in [2.24, 2.45) is 0 Å². The first-order chi connectivity index (χ1) is 12.0. The maximum absolute atomic E-state index is 15.0. The van der Waals surface area contributed by atoms with Crippen LogP contribution < -0.4 is 5.32 Å². The summed E-state index contributed by atoms with van der Waals surface area (Å²) in [6.45, 7) is 0. The van der Waals surface area contributed by atoms with Crippen molar-refractivity contribution in [3.05, 3.63) is 94.1 Å². The summed E-state index contributed by atoms with van der Waals surface area (Å²) in [6.07, 6.45) is 4.01. The number of anilines is 1. The van der Waals surface area contributed by atoms with E-state index in [2.05, 4.69) is 5.32 Å². The lowest BCUT2D eigenvalue weighted by atomic mass is 9.95. The summed E-state index contributed by atoms with van der Waals surface area (Å²) < 4.78 is 15.0. The van der Waals surface area contributed by atoms with Crippen molar-refractivity contribution in [1.29, 1.82) is 0 Å². The predicted octanol–water partition coefficient (Wildman–Crippen LogP) is 4.44. The van der Waals surface area contributed by atoms with E-state index < -0.39 is 10.7 Å². The molecule has 0 spiro atoms. The van der Waals surface area contributed by atoms with E-state index in [9.17, 15) is 19.3 Å². The lowest BCUT2D eigenvalue weighted by Gasteiger charge is -2.26. The Balaban J connectivity index is 1.77.